The van der Waals surface area contributed by atoms with Crippen molar-refractivity contribution in [1.29, 1.82) is 5.26 Å². The Kier molecular flexibility index (Phi) is 11.1. The van der Waals surface area contributed by atoms with Gasteiger partial charge >= 0.3 is 0 Å². The molecule has 2 aliphatic rings. The van der Waals surface area contributed by atoms with Crippen molar-refractivity contribution in [3.63, 3.8) is 0 Å². The molecular weight excluding hydrogens is 735 g/mol. The summed E-state index contributed by atoms with van der Waals surface area (Å²) >= 11 is 0. The van der Waals surface area contributed by atoms with Gasteiger partial charge in [-0.2, -0.15) is 19.6 Å². The second-order valence-corrected chi connectivity index (χ2v) is 16.4. The van der Waals surface area contributed by atoms with E-state index in [1.807, 2.05) is 30.3 Å². The SMILES string of the molecule is CCS(=O)(=O)N1CC(CC#N)(n2cc(-c3nc(Nc4ccc(C(=O)NCCCCCNc5ccc(C6CCC(=O)NC6=O)cc5)cc4)nc4[nH]ccc34)cn2)C1. The lowest BCUT2D eigenvalue weighted by Crippen LogP contribution is -2.64. The Morgan fingerprint density at radius 1 is 1.00 bits per heavy atom. The number of benzene rings is 2. The van der Waals surface area contributed by atoms with Crippen LogP contribution in [-0.4, -0.2) is 87.1 Å². The first-order chi connectivity index (χ1) is 27.1. The second kappa shape index (κ2) is 16.3. The molecule has 5 N–H and O–H groups in total. The van der Waals surface area contributed by atoms with Gasteiger partial charge in [-0.3, -0.25) is 24.4 Å². The smallest absolute Gasteiger partial charge is 0.251 e. The number of imide groups is 1. The summed E-state index contributed by atoms with van der Waals surface area (Å²) in [5, 5.41) is 26.9. The van der Waals surface area contributed by atoms with E-state index in [0.717, 1.165) is 42.4 Å². The van der Waals surface area contributed by atoms with E-state index in [1.165, 1.54) is 4.31 Å². The quantitative estimate of drug-likeness (QED) is 0.0700. The first-order valence-corrected chi connectivity index (χ1v) is 20.3. The maximum absolute atomic E-state index is 12.8. The minimum absolute atomic E-state index is 0.00503. The normalized spacial score (nSPS) is 16.8. The summed E-state index contributed by atoms with van der Waals surface area (Å²) < 4.78 is 27.9. The summed E-state index contributed by atoms with van der Waals surface area (Å²) in [7, 11) is -3.38. The fourth-order valence-corrected chi connectivity index (χ4v) is 8.28. The molecule has 5 heterocycles. The van der Waals surface area contributed by atoms with E-state index in [1.54, 1.807) is 54.5 Å². The van der Waals surface area contributed by atoms with Crippen molar-refractivity contribution in [2.24, 2.45) is 0 Å². The Labute approximate surface area is 324 Å². The van der Waals surface area contributed by atoms with Crippen LogP contribution in [0.5, 0.6) is 0 Å². The zero-order valence-corrected chi connectivity index (χ0v) is 31.7. The summed E-state index contributed by atoms with van der Waals surface area (Å²) in [6.45, 7) is 3.28. The van der Waals surface area contributed by atoms with Crippen molar-refractivity contribution in [2.75, 3.05) is 42.6 Å². The van der Waals surface area contributed by atoms with Crippen molar-refractivity contribution in [3.8, 4) is 17.3 Å². The molecule has 2 fully saturated rings. The molecule has 3 aromatic heterocycles. The fourth-order valence-electron chi connectivity index (χ4n) is 7.04. The molecule has 56 heavy (non-hydrogen) atoms. The summed E-state index contributed by atoms with van der Waals surface area (Å²) in [4.78, 5) is 48.9. The van der Waals surface area contributed by atoms with Crippen molar-refractivity contribution < 1.29 is 22.8 Å². The highest BCUT2D eigenvalue weighted by atomic mass is 32.2. The Bertz CT molecular complexity index is 2380. The number of nitriles is 1. The topological polar surface area (TPSA) is 220 Å². The minimum atomic E-state index is -3.38. The van der Waals surface area contributed by atoms with E-state index in [2.05, 4.69) is 42.4 Å². The minimum Gasteiger partial charge on any atom is -0.385 e. The first kappa shape index (κ1) is 38.2. The van der Waals surface area contributed by atoms with Crippen molar-refractivity contribution >= 4 is 56.1 Å². The molecule has 2 saturated heterocycles. The molecular formula is C39H43N11O5S. The van der Waals surface area contributed by atoms with Gasteiger partial charge in [0.1, 0.15) is 11.2 Å². The lowest BCUT2D eigenvalue weighted by atomic mass is 9.89. The zero-order valence-electron chi connectivity index (χ0n) is 30.9. The van der Waals surface area contributed by atoms with Crippen LogP contribution < -0.4 is 21.3 Å². The Morgan fingerprint density at radius 3 is 2.48 bits per heavy atom. The first-order valence-electron chi connectivity index (χ1n) is 18.7. The average molecular weight is 778 g/mol. The van der Waals surface area contributed by atoms with Crippen LogP contribution in [0.4, 0.5) is 17.3 Å². The highest BCUT2D eigenvalue weighted by Gasteiger charge is 2.49. The van der Waals surface area contributed by atoms with Gasteiger partial charge in [-0.1, -0.05) is 12.1 Å². The van der Waals surface area contributed by atoms with E-state index in [9.17, 15) is 28.1 Å². The highest BCUT2D eigenvalue weighted by Crippen LogP contribution is 2.36. The number of amides is 3. The van der Waals surface area contributed by atoms with Crippen LogP contribution in [0.15, 0.2) is 73.2 Å². The second-order valence-electron chi connectivity index (χ2n) is 14.1. The van der Waals surface area contributed by atoms with Gasteiger partial charge in [-0.15, -0.1) is 0 Å². The lowest BCUT2D eigenvalue weighted by Gasteiger charge is -2.47. The van der Waals surface area contributed by atoms with Crippen LogP contribution in [0, 0.1) is 11.3 Å². The Morgan fingerprint density at radius 2 is 1.75 bits per heavy atom. The number of nitrogens with one attached hydrogen (secondary N) is 5. The van der Waals surface area contributed by atoms with Crippen molar-refractivity contribution in [3.05, 3.63) is 84.3 Å². The van der Waals surface area contributed by atoms with Gasteiger partial charge in [0, 0.05) is 72.9 Å². The molecule has 7 rings (SSSR count). The van der Waals surface area contributed by atoms with Gasteiger partial charge in [0.05, 0.1) is 36.1 Å². The van der Waals surface area contributed by atoms with Crippen LogP contribution in [0.2, 0.25) is 0 Å². The number of rotatable bonds is 16. The van der Waals surface area contributed by atoms with Crippen LogP contribution in [0.1, 0.15) is 67.3 Å². The molecule has 2 aliphatic heterocycles. The van der Waals surface area contributed by atoms with Crippen molar-refractivity contribution in [1.82, 2.24) is 39.7 Å². The van der Waals surface area contributed by atoms with E-state index in [4.69, 9.17) is 4.98 Å². The van der Waals surface area contributed by atoms with Crippen LogP contribution in [0.3, 0.4) is 0 Å². The van der Waals surface area contributed by atoms with Gasteiger partial charge in [0.2, 0.25) is 27.8 Å². The van der Waals surface area contributed by atoms with Gasteiger partial charge in [-0.25, -0.2) is 13.4 Å². The van der Waals surface area contributed by atoms with E-state index in [0.29, 0.717) is 53.5 Å². The molecule has 0 bridgehead atoms. The number of carbonyl (C=O) groups excluding carboxylic acids is 3. The number of hydrogen-bond donors (Lipinski definition) is 5. The van der Waals surface area contributed by atoms with Gasteiger partial charge in [0.25, 0.3) is 5.91 Å². The number of H-pyrrole nitrogens is 1. The van der Waals surface area contributed by atoms with Crippen molar-refractivity contribution in [2.45, 2.75) is 56.9 Å². The maximum Gasteiger partial charge on any atom is 0.251 e. The molecule has 0 aliphatic carbocycles. The molecule has 3 amide bonds. The molecule has 0 saturated carbocycles. The number of aromatic amines is 1. The molecule has 1 unspecified atom stereocenters. The fraction of sp³-hybridized carbons (Fsp3) is 0.359. The number of piperidine rings is 1. The molecule has 17 heteroatoms. The highest BCUT2D eigenvalue weighted by molar-refractivity contribution is 7.89. The van der Waals surface area contributed by atoms with Crippen LogP contribution >= 0.6 is 0 Å². The number of hydrogen-bond acceptors (Lipinski definition) is 11. The summed E-state index contributed by atoms with van der Waals surface area (Å²) in [5.41, 5.74) is 4.23. The number of carbonyl (C=O) groups is 3. The summed E-state index contributed by atoms with van der Waals surface area (Å²) in [5.74, 6) is -0.585. The molecule has 0 radical (unpaired) electrons. The maximum atomic E-state index is 12.8. The van der Waals surface area contributed by atoms with Gasteiger partial charge in [0.15, 0.2) is 0 Å². The molecule has 1 atom stereocenters. The third-order valence-electron chi connectivity index (χ3n) is 10.3. The molecule has 290 valence electrons. The number of sulfonamides is 1. The van der Waals surface area contributed by atoms with E-state index >= 15 is 0 Å². The predicted molar refractivity (Wildman–Crippen MR) is 210 cm³/mol. The van der Waals surface area contributed by atoms with Gasteiger partial charge in [-0.05, 0) is 80.6 Å². The molecule has 2 aromatic carbocycles. The average Bonchev–Trinajstić information content (AvgIpc) is 3.87. The molecule has 0 spiro atoms. The predicted octanol–water partition coefficient (Wildman–Crippen LogP) is 4.37. The number of fused-ring (bicyclic) bond motifs is 1. The largest absolute Gasteiger partial charge is 0.385 e. The van der Waals surface area contributed by atoms with E-state index in [-0.39, 0.29) is 48.9 Å². The van der Waals surface area contributed by atoms with Crippen LogP contribution in [0.25, 0.3) is 22.3 Å². The van der Waals surface area contributed by atoms with Gasteiger partial charge < -0.3 is 20.9 Å². The third kappa shape index (κ3) is 8.26. The summed E-state index contributed by atoms with van der Waals surface area (Å²) in [6.07, 6.45) is 8.92. The molecule has 5 aromatic rings. The lowest BCUT2D eigenvalue weighted by molar-refractivity contribution is -0.134. The number of unbranched alkanes of at least 4 members (excludes halogenated alkanes) is 2. The number of nitrogens with zero attached hydrogens (tertiary/aromatic N) is 6. The standard InChI is InChI=1S/C39H43N11O5S/c1-2-56(54,55)49-24-39(25-49,17-18-40)50-23-28(22-44-50)34-32-16-21-42-35(32)48-38(47-34)45-30-12-8-27(9-13-30)36(52)43-20-5-3-4-19-41-29-10-6-26(7-11-29)31-14-15-33(51)46-37(31)53/h6-13,16,21-23,31,41H,2-5,14-15,17,19-20,24-25H2,1H3,(H,43,52)(H,46,51,53)(H2,42,45,47,48). The number of aromatic nitrogens is 5. The zero-order chi connectivity index (χ0) is 39.3. The summed E-state index contributed by atoms with van der Waals surface area (Å²) in [6, 6.07) is 18.9. The van der Waals surface area contributed by atoms with E-state index < -0.39 is 15.6 Å². The monoisotopic (exact) mass is 777 g/mol. The Hall–Kier alpha value is -6.12. The Balaban J connectivity index is 0.884. The third-order valence-corrected chi connectivity index (χ3v) is 12.1. The number of anilines is 3. The van der Waals surface area contributed by atoms with Crippen LogP contribution in [-0.2, 0) is 25.2 Å². The molecule has 16 nitrogen and oxygen atoms in total.